The Balaban J connectivity index is 1.86. The highest BCUT2D eigenvalue weighted by Crippen LogP contribution is 2.40. The van der Waals surface area contributed by atoms with Gasteiger partial charge in [-0.1, -0.05) is 28.8 Å². The van der Waals surface area contributed by atoms with Gasteiger partial charge in [0, 0.05) is 34.8 Å². The van der Waals surface area contributed by atoms with Crippen molar-refractivity contribution in [1.29, 1.82) is 0 Å². The third-order valence-corrected chi connectivity index (χ3v) is 5.18. The van der Waals surface area contributed by atoms with E-state index in [1.54, 1.807) is 0 Å². The molecule has 0 radical (unpaired) electrons. The largest absolute Gasteiger partial charge is 0.493 e. The van der Waals surface area contributed by atoms with E-state index in [9.17, 15) is 4.79 Å². The van der Waals surface area contributed by atoms with Crippen LogP contribution in [-0.2, 0) is 17.6 Å². The van der Waals surface area contributed by atoms with Crippen LogP contribution < -0.4 is 10.5 Å². The number of halogens is 1. The van der Waals surface area contributed by atoms with Gasteiger partial charge in [0.15, 0.2) is 0 Å². The summed E-state index contributed by atoms with van der Waals surface area (Å²) in [7, 11) is 0. The standard InChI is InChI=1S/C16H20BrNO2/c17-13-7-11-3-6-20-15(11)12(8-13)9-14(19)16(10-18)4-1-2-5-16/h7-8H,1-6,9-10,18H2. The van der Waals surface area contributed by atoms with Crippen molar-refractivity contribution in [3.8, 4) is 5.75 Å². The molecule has 20 heavy (non-hydrogen) atoms. The summed E-state index contributed by atoms with van der Waals surface area (Å²) in [5.41, 5.74) is 7.84. The van der Waals surface area contributed by atoms with Gasteiger partial charge >= 0.3 is 0 Å². The van der Waals surface area contributed by atoms with Gasteiger partial charge in [-0.15, -0.1) is 0 Å². The molecule has 1 aromatic rings. The average Bonchev–Trinajstić information content (AvgIpc) is 3.07. The summed E-state index contributed by atoms with van der Waals surface area (Å²) in [5, 5.41) is 0. The van der Waals surface area contributed by atoms with Crippen molar-refractivity contribution in [2.75, 3.05) is 13.2 Å². The van der Waals surface area contributed by atoms with E-state index < -0.39 is 0 Å². The molecule has 2 aliphatic rings. The molecule has 0 spiro atoms. The van der Waals surface area contributed by atoms with E-state index in [1.807, 2.05) is 6.07 Å². The smallest absolute Gasteiger partial charge is 0.144 e. The average molecular weight is 338 g/mol. The van der Waals surface area contributed by atoms with Crippen LogP contribution in [-0.4, -0.2) is 18.9 Å². The van der Waals surface area contributed by atoms with Gasteiger partial charge in [-0.3, -0.25) is 4.79 Å². The van der Waals surface area contributed by atoms with E-state index in [4.69, 9.17) is 10.5 Å². The highest BCUT2D eigenvalue weighted by atomic mass is 79.9. The zero-order valence-corrected chi connectivity index (χ0v) is 13.2. The van der Waals surface area contributed by atoms with Crippen molar-refractivity contribution in [3.05, 3.63) is 27.7 Å². The molecular weight excluding hydrogens is 318 g/mol. The highest BCUT2D eigenvalue weighted by Gasteiger charge is 2.39. The summed E-state index contributed by atoms with van der Waals surface area (Å²) < 4.78 is 6.74. The fraction of sp³-hybridized carbons (Fsp3) is 0.562. The van der Waals surface area contributed by atoms with E-state index in [0.717, 1.165) is 54.5 Å². The molecule has 1 fully saturated rings. The molecule has 0 atom stereocenters. The zero-order valence-electron chi connectivity index (χ0n) is 11.6. The summed E-state index contributed by atoms with van der Waals surface area (Å²) in [6.45, 7) is 1.19. The van der Waals surface area contributed by atoms with Crippen LogP contribution >= 0.6 is 15.9 Å². The van der Waals surface area contributed by atoms with E-state index in [1.165, 1.54) is 5.56 Å². The molecule has 3 rings (SSSR count). The third kappa shape index (κ3) is 2.40. The van der Waals surface area contributed by atoms with Gasteiger partial charge in [-0.2, -0.15) is 0 Å². The number of hydrogen-bond donors (Lipinski definition) is 1. The number of ketones is 1. The van der Waals surface area contributed by atoms with E-state index in [0.29, 0.717) is 13.0 Å². The molecule has 0 unspecified atom stereocenters. The minimum atomic E-state index is -0.284. The molecule has 1 saturated carbocycles. The quantitative estimate of drug-likeness (QED) is 0.918. The van der Waals surface area contributed by atoms with Crippen LogP contribution in [0.2, 0.25) is 0 Å². The maximum absolute atomic E-state index is 12.7. The topological polar surface area (TPSA) is 52.3 Å². The number of carbonyl (C=O) groups excluding carboxylic acids is 1. The van der Waals surface area contributed by atoms with E-state index in [-0.39, 0.29) is 11.2 Å². The summed E-state index contributed by atoms with van der Waals surface area (Å²) in [5.74, 6) is 1.21. The molecule has 1 aliphatic heterocycles. The molecule has 0 aromatic heterocycles. The van der Waals surface area contributed by atoms with Crippen LogP contribution in [0.5, 0.6) is 5.75 Å². The number of benzene rings is 1. The molecule has 1 aromatic carbocycles. The number of Topliss-reactive ketones (excluding diaryl/α,β-unsaturated/α-hetero) is 1. The second-order valence-corrected chi connectivity index (χ2v) is 6.86. The first-order valence-electron chi connectivity index (χ1n) is 7.32. The lowest BCUT2D eigenvalue weighted by molar-refractivity contribution is -0.127. The Morgan fingerprint density at radius 3 is 2.80 bits per heavy atom. The molecule has 4 heteroatoms. The molecule has 0 bridgehead atoms. The van der Waals surface area contributed by atoms with Crippen LogP contribution in [0.25, 0.3) is 0 Å². The second kappa shape index (κ2) is 5.49. The molecule has 2 N–H and O–H groups in total. The second-order valence-electron chi connectivity index (χ2n) is 5.94. The summed E-state index contributed by atoms with van der Waals surface area (Å²) in [6.07, 6.45) is 5.50. The number of hydrogen-bond acceptors (Lipinski definition) is 3. The van der Waals surface area contributed by atoms with Gasteiger partial charge in [0.05, 0.1) is 6.61 Å². The molecule has 3 nitrogen and oxygen atoms in total. The molecule has 0 saturated heterocycles. The fourth-order valence-electron chi connectivity index (χ4n) is 3.49. The van der Waals surface area contributed by atoms with Crippen molar-refractivity contribution in [1.82, 2.24) is 0 Å². The highest BCUT2D eigenvalue weighted by molar-refractivity contribution is 9.10. The predicted molar refractivity (Wildman–Crippen MR) is 82.0 cm³/mol. The maximum Gasteiger partial charge on any atom is 0.144 e. The Labute approximate surface area is 128 Å². The van der Waals surface area contributed by atoms with E-state index >= 15 is 0 Å². The number of carbonyl (C=O) groups is 1. The van der Waals surface area contributed by atoms with Gasteiger partial charge in [0.1, 0.15) is 11.5 Å². The van der Waals surface area contributed by atoms with Crippen molar-refractivity contribution >= 4 is 21.7 Å². The molecule has 0 amide bonds. The van der Waals surface area contributed by atoms with Crippen LogP contribution in [0.1, 0.15) is 36.8 Å². The zero-order chi connectivity index (χ0) is 14.2. The Morgan fingerprint density at radius 1 is 1.35 bits per heavy atom. The minimum absolute atomic E-state index is 0.284. The van der Waals surface area contributed by atoms with Crippen LogP contribution in [0.4, 0.5) is 0 Å². The monoisotopic (exact) mass is 337 g/mol. The summed E-state index contributed by atoms with van der Waals surface area (Å²) >= 11 is 3.53. The van der Waals surface area contributed by atoms with Gasteiger partial charge in [0.2, 0.25) is 0 Å². The lowest BCUT2D eigenvalue weighted by Gasteiger charge is -2.25. The Morgan fingerprint density at radius 2 is 2.10 bits per heavy atom. The van der Waals surface area contributed by atoms with Crippen LogP contribution in [0, 0.1) is 5.41 Å². The molecular formula is C16H20BrNO2. The predicted octanol–water partition coefficient (Wildman–Crippen LogP) is 3.01. The van der Waals surface area contributed by atoms with Gasteiger partial charge in [0.25, 0.3) is 0 Å². The van der Waals surface area contributed by atoms with Crippen molar-refractivity contribution < 1.29 is 9.53 Å². The fourth-order valence-corrected chi connectivity index (χ4v) is 4.04. The number of ether oxygens (including phenoxy) is 1. The Bertz CT molecular complexity index is 536. The third-order valence-electron chi connectivity index (χ3n) is 4.72. The lowest BCUT2D eigenvalue weighted by Crippen LogP contribution is -2.37. The van der Waals surface area contributed by atoms with Crippen LogP contribution in [0.15, 0.2) is 16.6 Å². The van der Waals surface area contributed by atoms with Gasteiger partial charge in [-0.05, 0) is 30.5 Å². The molecule has 1 aliphatic carbocycles. The number of rotatable bonds is 4. The van der Waals surface area contributed by atoms with E-state index in [2.05, 4.69) is 22.0 Å². The first-order chi connectivity index (χ1) is 9.64. The summed E-state index contributed by atoms with van der Waals surface area (Å²) in [6, 6.07) is 4.10. The van der Waals surface area contributed by atoms with Crippen molar-refractivity contribution in [3.63, 3.8) is 0 Å². The van der Waals surface area contributed by atoms with Gasteiger partial charge < -0.3 is 10.5 Å². The first kappa shape index (κ1) is 14.1. The normalized spacial score (nSPS) is 19.7. The van der Waals surface area contributed by atoms with Gasteiger partial charge in [-0.25, -0.2) is 0 Å². The SMILES string of the molecule is NCC1(C(=O)Cc2cc(Br)cc3c2OCC3)CCCC1. The summed E-state index contributed by atoms with van der Waals surface area (Å²) in [4.78, 5) is 12.7. The molecule has 108 valence electrons. The van der Waals surface area contributed by atoms with Crippen LogP contribution in [0.3, 0.4) is 0 Å². The maximum atomic E-state index is 12.7. The Kier molecular flexibility index (Phi) is 3.87. The number of nitrogens with two attached hydrogens (primary N) is 1. The first-order valence-corrected chi connectivity index (χ1v) is 8.11. The minimum Gasteiger partial charge on any atom is -0.493 e. The van der Waals surface area contributed by atoms with Crippen molar-refractivity contribution in [2.45, 2.75) is 38.5 Å². The van der Waals surface area contributed by atoms with Crippen molar-refractivity contribution in [2.24, 2.45) is 11.1 Å². The number of fused-ring (bicyclic) bond motifs is 1. The Hall–Kier alpha value is -0.870. The molecule has 1 heterocycles. The lowest BCUT2D eigenvalue weighted by atomic mass is 9.79.